The average Bonchev–Trinajstić information content (AvgIpc) is 3.30. The van der Waals surface area contributed by atoms with E-state index in [1.54, 1.807) is 24.3 Å². The maximum atomic E-state index is 13.3. The van der Waals surface area contributed by atoms with Crippen LogP contribution in [0.15, 0.2) is 71.7 Å². The second kappa shape index (κ2) is 7.96. The lowest BCUT2D eigenvalue weighted by Gasteiger charge is -2.16. The summed E-state index contributed by atoms with van der Waals surface area (Å²) in [5, 5.41) is 7.70. The van der Waals surface area contributed by atoms with Crippen molar-refractivity contribution in [3.63, 3.8) is 0 Å². The molecule has 0 unspecified atom stereocenters. The molecule has 150 valence electrons. The van der Waals surface area contributed by atoms with E-state index in [4.69, 9.17) is 0 Å². The third-order valence-electron chi connectivity index (χ3n) is 4.58. The molecule has 4 rings (SSSR count). The van der Waals surface area contributed by atoms with Crippen LogP contribution in [0.2, 0.25) is 0 Å². The summed E-state index contributed by atoms with van der Waals surface area (Å²) in [5.74, 6) is -0.996. The van der Waals surface area contributed by atoms with Crippen molar-refractivity contribution < 1.29 is 14.4 Å². The molecule has 30 heavy (non-hydrogen) atoms. The highest BCUT2D eigenvalue weighted by Crippen LogP contribution is 2.35. The summed E-state index contributed by atoms with van der Waals surface area (Å²) in [7, 11) is 0. The van der Waals surface area contributed by atoms with Crippen LogP contribution in [0.3, 0.4) is 0 Å². The fraction of sp³-hybridized carbons (Fsp3) is 0.0870. The minimum absolute atomic E-state index is 0.192. The zero-order valence-corrected chi connectivity index (χ0v) is 17.2. The Kier molecular flexibility index (Phi) is 5.20. The lowest BCUT2D eigenvalue weighted by atomic mass is 10.1. The predicted molar refractivity (Wildman–Crippen MR) is 119 cm³/mol. The van der Waals surface area contributed by atoms with Gasteiger partial charge in [-0.2, -0.15) is 0 Å². The Morgan fingerprint density at radius 2 is 1.70 bits per heavy atom. The summed E-state index contributed by atoms with van der Waals surface area (Å²) in [6, 6.07) is 17.9. The molecule has 0 atom stereocenters. The number of aryl methyl sites for hydroxylation is 1. The van der Waals surface area contributed by atoms with Crippen molar-refractivity contribution in [2.45, 2.75) is 13.8 Å². The molecular weight excluding hydrogens is 398 g/mol. The molecule has 0 fully saturated rings. The standard InChI is InChI=1S/C23H19N3O3S/c1-14-5-3-6-17(13-14)25-21-20(19-7-4-12-30-19)22(28)26(23(21)29)18-10-8-16(9-11-18)24-15(2)27/h3-13,25H,1-2H3,(H,24,27). The predicted octanol–water partition coefficient (Wildman–Crippen LogP) is 4.41. The van der Waals surface area contributed by atoms with Gasteiger partial charge < -0.3 is 10.6 Å². The highest BCUT2D eigenvalue weighted by atomic mass is 32.1. The van der Waals surface area contributed by atoms with Gasteiger partial charge in [-0.15, -0.1) is 11.3 Å². The number of hydrogen-bond donors (Lipinski definition) is 2. The number of amides is 3. The molecule has 3 aromatic rings. The van der Waals surface area contributed by atoms with Gasteiger partial charge in [0.25, 0.3) is 11.8 Å². The van der Waals surface area contributed by atoms with E-state index in [1.165, 1.54) is 18.3 Å². The van der Waals surface area contributed by atoms with E-state index in [0.29, 0.717) is 16.9 Å². The smallest absolute Gasteiger partial charge is 0.282 e. The molecule has 0 radical (unpaired) electrons. The molecule has 2 aromatic carbocycles. The zero-order valence-electron chi connectivity index (χ0n) is 16.4. The van der Waals surface area contributed by atoms with Crippen LogP contribution in [0.1, 0.15) is 17.4 Å². The van der Waals surface area contributed by atoms with Crippen LogP contribution in [0.4, 0.5) is 17.1 Å². The molecule has 3 amide bonds. The maximum absolute atomic E-state index is 13.3. The number of nitrogens with one attached hydrogen (secondary N) is 2. The van der Waals surface area contributed by atoms with Crippen LogP contribution in [0.5, 0.6) is 0 Å². The molecule has 7 heteroatoms. The van der Waals surface area contributed by atoms with Gasteiger partial charge in [0.05, 0.1) is 11.3 Å². The lowest BCUT2D eigenvalue weighted by Crippen LogP contribution is -2.32. The second-order valence-electron chi connectivity index (χ2n) is 6.90. The van der Waals surface area contributed by atoms with Gasteiger partial charge in [-0.3, -0.25) is 14.4 Å². The molecule has 0 saturated carbocycles. The normalized spacial score (nSPS) is 13.7. The first-order valence-electron chi connectivity index (χ1n) is 9.32. The highest BCUT2D eigenvalue weighted by molar-refractivity contribution is 7.11. The van der Waals surface area contributed by atoms with Crippen LogP contribution < -0.4 is 15.5 Å². The Morgan fingerprint density at radius 1 is 0.933 bits per heavy atom. The number of carbonyl (C=O) groups excluding carboxylic acids is 3. The van der Waals surface area contributed by atoms with Crippen molar-refractivity contribution in [3.8, 4) is 0 Å². The molecule has 2 heterocycles. The molecule has 0 aliphatic carbocycles. The minimum Gasteiger partial charge on any atom is -0.350 e. The van der Waals surface area contributed by atoms with Crippen molar-refractivity contribution in [3.05, 3.63) is 82.2 Å². The fourth-order valence-electron chi connectivity index (χ4n) is 3.29. The number of rotatable bonds is 5. The number of carbonyl (C=O) groups is 3. The molecule has 2 N–H and O–H groups in total. The Bertz CT molecular complexity index is 1160. The number of thiophene rings is 1. The van der Waals surface area contributed by atoms with Crippen LogP contribution in [0.25, 0.3) is 5.57 Å². The van der Waals surface area contributed by atoms with E-state index < -0.39 is 5.91 Å². The summed E-state index contributed by atoms with van der Waals surface area (Å²) in [6.45, 7) is 3.38. The van der Waals surface area contributed by atoms with Gasteiger partial charge >= 0.3 is 0 Å². The molecule has 1 aliphatic heterocycles. The molecule has 0 saturated heterocycles. The first-order valence-corrected chi connectivity index (χ1v) is 10.2. The zero-order chi connectivity index (χ0) is 21.3. The number of anilines is 3. The highest BCUT2D eigenvalue weighted by Gasteiger charge is 2.40. The molecule has 1 aromatic heterocycles. The Morgan fingerprint density at radius 3 is 2.33 bits per heavy atom. The van der Waals surface area contributed by atoms with E-state index in [2.05, 4.69) is 10.6 Å². The van der Waals surface area contributed by atoms with Crippen LogP contribution in [-0.4, -0.2) is 17.7 Å². The third kappa shape index (κ3) is 3.75. The van der Waals surface area contributed by atoms with E-state index in [9.17, 15) is 14.4 Å². The van der Waals surface area contributed by atoms with E-state index in [1.807, 2.05) is 48.7 Å². The molecular formula is C23H19N3O3S. The number of hydrogen-bond acceptors (Lipinski definition) is 5. The Hall–Kier alpha value is -3.71. The summed E-state index contributed by atoms with van der Waals surface area (Å²) < 4.78 is 0. The van der Waals surface area contributed by atoms with Crippen LogP contribution >= 0.6 is 11.3 Å². The first-order chi connectivity index (χ1) is 14.4. The summed E-state index contributed by atoms with van der Waals surface area (Å²) >= 11 is 1.40. The molecule has 0 spiro atoms. The third-order valence-corrected chi connectivity index (χ3v) is 5.47. The van der Waals surface area contributed by atoms with Gasteiger partial charge in [-0.1, -0.05) is 18.2 Å². The summed E-state index contributed by atoms with van der Waals surface area (Å²) in [4.78, 5) is 39.7. The number of nitrogens with zero attached hydrogens (tertiary/aromatic N) is 1. The second-order valence-corrected chi connectivity index (χ2v) is 7.84. The SMILES string of the molecule is CC(=O)Nc1ccc(N2C(=O)C(Nc3cccc(C)c3)=C(c3cccs3)C2=O)cc1. The van der Waals surface area contributed by atoms with Crippen molar-refractivity contribution >= 4 is 51.7 Å². The van der Waals surface area contributed by atoms with Gasteiger partial charge in [0.15, 0.2) is 0 Å². The maximum Gasteiger partial charge on any atom is 0.282 e. The quantitative estimate of drug-likeness (QED) is 0.603. The molecule has 1 aliphatic rings. The van der Waals surface area contributed by atoms with Gasteiger partial charge in [0, 0.05) is 23.2 Å². The molecule has 6 nitrogen and oxygen atoms in total. The summed E-state index contributed by atoms with van der Waals surface area (Å²) in [6.07, 6.45) is 0. The number of benzene rings is 2. The minimum atomic E-state index is -0.419. The Balaban J connectivity index is 1.72. The van der Waals surface area contributed by atoms with Crippen LogP contribution in [-0.2, 0) is 14.4 Å². The van der Waals surface area contributed by atoms with Crippen molar-refractivity contribution in [1.82, 2.24) is 0 Å². The van der Waals surface area contributed by atoms with Gasteiger partial charge in [-0.25, -0.2) is 4.90 Å². The van der Waals surface area contributed by atoms with E-state index in [-0.39, 0.29) is 17.5 Å². The topological polar surface area (TPSA) is 78.5 Å². The molecule has 0 bridgehead atoms. The van der Waals surface area contributed by atoms with E-state index in [0.717, 1.165) is 21.0 Å². The van der Waals surface area contributed by atoms with Gasteiger partial charge in [-0.05, 0) is 60.3 Å². The van der Waals surface area contributed by atoms with Crippen molar-refractivity contribution in [2.24, 2.45) is 0 Å². The monoisotopic (exact) mass is 417 g/mol. The fourth-order valence-corrected chi connectivity index (χ4v) is 4.06. The average molecular weight is 417 g/mol. The van der Waals surface area contributed by atoms with Gasteiger partial charge in [0.1, 0.15) is 5.70 Å². The van der Waals surface area contributed by atoms with E-state index >= 15 is 0 Å². The summed E-state index contributed by atoms with van der Waals surface area (Å²) in [5.41, 5.74) is 3.41. The first kappa shape index (κ1) is 19.6. The largest absolute Gasteiger partial charge is 0.350 e. The lowest BCUT2D eigenvalue weighted by molar-refractivity contribution is -0.120. The number of imide groups is 1. The van der Waals surface area contributed by atoms with Crippen LogP contribution in [0, 0.1) is 6.92 Å². The Labute approximate surface area is 177 Å². The van der Waals surface area contributed by atoms with Gasteiger partial charge in [0.2, 0.25) is 5.91 Å². The van der Waals surface area contributed by atoms with Crippen molar-refractivity contribution in [1.29, 1.82) is 0 Å². The van der Waals surface area contributed by atoms with Crippen molar-refractivity contribution in [2.75, 3.05) is 15.5 Å².